The summed E-state index contributed by atoms with van der Waals surface area (Å²) in [5, 5.41) is 11.0. The Morgan fingerprint density at radius 1 is 1.38 bits per heavy atom. The summed E-state index contributed by atoms with van der Waals surface area (Å²) in [6, 6.07) is 6.39. The lowest BCUT2D eigenvalue weighted by Gasteiger charge is -2.26. The average molecular weight is 310 g/mol. The number of hydroxylamine groups is 1. The zero-order valence-corrected chi connectivity index (χ0v) is 13.5. The average Bonchev–Trinajstić information content (AvgIpc) is 2.42. The van der Waals surface area contributed by atoms with Gasteiger partial charge in [0.25, 0.3) is 0 Å². The molecule has 0 aromatic heterocycles. The molecule has 1 aromatic carbocycles. The van der Waals surface area contributed by atoms with Crippen molar-refractivity contribution >= 4 is 16.2 Å². The van der Waals surface area contributed by atoms with Crippen LogP contribution < -0.4 is 0 Å². The normalized spacial score (nSPS) is 14.2. The van der Waals surface area contributed by atoms with E-state index in [1.165, 1.54) is 17.6 Å². The van der Waals surface area contributed by atoms with E-state index in [0.29, 0.717) is 11.2 Å². The molecule has 0 spiro atoms. The maximum Gasteiger partial charge on any atom is 0.243 e. The molecule has 0 saturated heterocycles. The van der Waals surface area contributed by atoms with Crippen LogP contribution in [0.25, 0.3) is 0 Å². The summed E-state index contributed by atoms with van der Waals surface area (Å²) in [6.07, 6.45) is 3.31. The van der Waals surface area contributed by atoms with Gasteiger partial charge in [-0.25, -0.2) is 13.2 Å². The van der Waals surface area contributed by atoms with Crippen LogP contribution in [-0.4, -0.2) is 43.3 Å². The highest BCUT2D eigenvalue weighted by atomic mass is 32.2. The summed E-state index contributed by atoms with van der Waals surface area (Å²) in [5.74, 6) is 0. The molecule has 0 amide bonds. The van der Waals surface area contributed by atoms with E-state index in [1.54, 1.807) is 37.3 Å². The van der Waals surface area contributed by atoms with E-state index in [0.717, 1.165) is 5.56 Å². The lowest BCUT2D eigenvalue weighted by atomic mass is 10.2. The van der Waals surface area contributed by atoms with Gasteiger partial charge in [-0.05, 0) is 26.0 Å². The molecule has 0 heterocycles. The van der Waals surface area contributed by atoms with Gasteiger partial charge in [-0.2, -0.15) is 4.31 Å². The Morgan fingerprint density at radius 3 is 2.43 bits per heavy atom. The van der Waals surface area contributed by atoms with E-state index in [1.807, 2.05) is 6.92 Å². The van der Waals surface area contributed by atoms with Crippen LogP contribution in [0.2, 0.25) is 0 Å². The molecule has 0 aliphatic carbocycles. The minimum Gasteiger partial charge on any atom is -0.624 e. The monoisotopic (exact) mass is 310 g/mol. The van der Waals surface area contributed by atoms with E-state index >= 15 is 0 Å². The number of sulfonamides is 1. The van der Waals surface area contributed by atoms with Crippen molar-refractivity contribution in [3.8, 4) is 0 Å². The van der Waals surface area contributed by atoms with Crippen LogP contribution in [0.15, 0.2) is 41.8 Å². The first-order valence-electron chi connectivity index (χ1n) is 6.71. The minimum absolute atomic E-state index is 0.202. The third-order valence-electron chi connectivity index (χ3n) is 3.13. The molecule has 21 heavy (non-hydrogen) atoms. The Morgan fingerprint density at radius 2 is 1.95 bits per heavy atom. The van der Waals surface area contributed by atoms with Gasteiger partial charge in [0.1, 0.15) is 7.05 Å². The molecule has 0 aliphatic heterocycles. The predicted octanol–water partition coefficient (Wildman–Crippen LogP) is 2.16. The summed E-state index contributed by atoms with van der Waals surface area (Å²) >= 11 is 0. The molecule has 0 fully saturated rings. The number of hydrogen-bond acceptors (Lipinski definition) is 3. The smallest absolute Gasteiger partial charge is 0.243 e. The molecular weight excluding hydrogens is 288 g/mol. The molecule has 6 heteroatoms. The predicted molar refractivity (Wildman–Crippen MR) is 85.0 cm³/mol. The molecule has 0 N–H and O–H groups in total. The summed E-state index contributed by atoms with van der Waals surface area (Å²) in [5.41, 5.74) is 0.999. The molecule has 0 bridgehead atoms. The summed E-state index contributed by atoms with van der Waals surface area (Å²) in [4.78, 5) is 0.247. The Balaban J connectivity index is 3.10. The fraction of sp³-hybridized carbons (Fsp3) is 0.400. The van der Waals surface area contributed by atoms with Gasteiger partial charge in [0.05, 0.1) is 4.90 Å². The Labute approximate surface area is 126 Å². The Bertz CT molecular complexity index is 602. The first-order chi connectivity index (χ1) is 9.78. The molecule has 5 nitrogen and oxygen atoms in total. The number of nitrogens with zero attached hydrogens (tertiary/aromatic N) is 2. The van der Waals surface area contributed by atoms with Crippen molar-refractivity contribution in [2.75, 3.05) is 13.6 Å². The second-order valence-corrected chi connectivity index (χ2v) is 6.88. The Hall–Kier alpha value is -1.66. The highest BCUT2D eigenvalue weighted by molar-refractivity contribution is 7.89. The van der Waals surface area contributed by atoms with Crippen LogP contribution in [0.5, 0.6) is 0 Å². The van der Waals surface area contributed by atoms with Crippen LogP contribution in [0.3, 0.4) is 0 Å². The highest BCUT2D eigenvalue weighted by Crippen LogP contribution is 2.19. The zero-order chi connectivity index (χ0) is 16.0. The van der Waals surface area contributed by atoms with Crippen molar-refractivity contribution in [2.24, 2.45) is 0 Å². The second-order valence-electron chi connectivity index (χ2n) is 4.99. The molecule has 1 aromatic rings. The van der Waals surface area contributed by atoms with Crippen LogP contribution in [-0.2, 0) is 10.0 Å². The molecule has 0 aliphatic rings. The molecule has 116 valence electrons. The number of hydrogen-bond donors (Lipinski definition) is 0. The second kappa shape index (κ2) is 7.38. The largest absolute Gasteiger partial charge is 0.624 e. The highest BCUT2D eigenvalue weighted by Gasteiger charge is 2.28. The maximum atomic E-state index is 12.7. The van der Waals surface area contributed by atoms with Crippen molar-refractivity contribution in [3.63, 3.8) is 0 Å². The zero-order valence-electron chi connectivity index (χ0n) is 12.7. The van der Waals surface area contributed by atoms with E-state index in [-0.39, 0.29) is 17.5 Å². The fourth-order valence-corrected chi connectivity index (χ4v) is 3.52. The van der Waals surface area contributed by atoms with Crippen LogP contribution in [0.4, 0.5) is 0 Å². The van der Waals surface area contributed by atoms with Crippen molar-refractivity contribution in [1.82, 2.24) is 4.31 Å². The van der Waals surface area contributed by atoms with E-state index in [4.69, 9.17) is 0 Å². The topological polar surface area (TPSA) is 63.4 Å². The van der Waals surface area contributed by atoms with Crippen LogP contribution >= 0.6 is 0 Å². The quantitative estimate of drug-likeness (QED) is 0.255. The molecular formula is C15H22N2O3S. The summed E-state index contributed by atoms with van der Waals surface area (Å²) in [7, 11) is -2.23. The molecule has 0 radical (unpaired) electrons. The Kier molecular flexibility index (Phi) is 6.11. The standard InChI is InChI=1S/C15H22N2O3S/c1-5-11-17(14(3)10-12-16(4)18)21(19,20)15-8-6-13(2)7-9-15/h5-9,12,14H,1,10-11H2,2-4H3/b16-12-. The lowest BCUT2D eigenvalue weighted by Crippen LogP contribution is -2.39. The van der Waals surface area contributed by atoms with E-state index < -0.39 is 10.0 Å². The van der Waals surface area contributed by atoms with Crippen LogP contribution in [0, 0.1) is 12.1 Å². The minimum atomic E-state index is -3.61. The molecule has 1 rings (SSSR count). The molecule has 0 saturated carbocycles. The lowest BCUT2D eigenvalue weighted by molar-refractivity contribution is -0.418. The van der Waals surface area contributed by atoms with E-state index in [2.05, 4.69) is 6.58 Å². The van der Waals surface area contributed by atoms with Crippen molar-refractivity contribution in [2.45, 2.75) is 31.2 Å². The van der Waals surface area contributed by atoms with Gasteiger partial charge < -0.3 is 5.21 Å². The van der Waals surface area contributed by atoms with Crippen molar-refractivity contribution in [1.29, 1.82) is 0 Å². The van der Waals surface area contributed by atoms with Gasteiger partial charge >= 0.3 is 0 Å². The van der Waals surface area contributed by atoms with Gasteiger partial charge in [0.2, 0.25) is 10.0 Å². The maximum absolute atomic E-state index is 12.7. The van der Waals surface area contributed by atoms with Gasteiger partial charge in [-0.1, -0.05) is 23.8 Å². The molecule has 1 unspecified atom stereocenters. The third-order valence-corrected chi connectivity index (χ3v) is 5.13. The summed E-state index contributed by atoms with van der Waals surface area (Å²) in [6.45, 7) is 7.49. The number of rotatable bonds is 7. The molecule has 1 atom stereocenters. The third kappa shape index (κ3) is 4.68. The van der Waals surface area contributed by atoms with Crippen molar-refractivity contribution in [3.05, 3.63) is 47.7 Å². The van der Waals surface area contributed by atoms with Gasteiger partial charge in [0.15, 0.2) is 6.21 Å². The summed E-state index contributed by atoms with van der Waals surface area (Å²) < 4.78 is 27.4. The van der Waals surface area contributed by atoms with E-state index in [9.17, 15) is 13.6 Å². The SMILES string of the molecule is C=CCN(C(C)C/C=[N+](/C)[O-])S(=O)(=O)c1ccc(C)cc1. The number of benzene rings is 1. The van der Waals surface area contributed by atoms with Gasteiger partial charge in [0, 0.05) is 19.0 Å². The van der Waals surface area contributed by atoms with Gasteiger partial charge in [-0.3, -0.25) is 0 Å². The van der Waals surface area contributed by atoms with Crippen molar-refractivity contribution < 1.29 is 13.2 Å². The number of aryl methyl sites for hydroxylation is 1. The first-order valence-corrected chi connectivity index (χ1v) is 8.15. The van der Waals surface area contributed by atoms with Gasteiger partial charge in [-0.15, -0.1) is 6.58 Å². The fourth-order valence-electron chi connectivity index (χ4n) is 1.91. The first kappa shape index (κ1) is 17.4. The van der Waals surface area contributed by atoms with Crippen LogP contribution in [0.1, 0.15) is 18.9 Å².